The van der Waals surface area contributed by atoms with Gasteiger partial charge in [-0.15, -0.1) is 0 Å². The quantitative estimate of drug-likeness (QED) is 0.203. The topological polar surface area (TPSA) is 70.4 Å². The molecule has 0 fully saturated rings. The van der Waals surface area contributed by atoms with Crippen LogP contribution in [0.1, 0.15) is 34.1 Å². The first-order valence-corrected chi connectivity index (χ1v) is 10.8. The van der Waals surface area contributed by atoms with E-state index in [9.17, 15) is 9.59 Å². The second-order valence-electron chi connectivity index (χ2n) is 7.71. The number of carbonyl (C=O) groups excluding carboxylic acids is 2. The van der Waals surface area contributed by atoms with Crippen molar-refractivity contribution in [1.82, 2.24) is 9.55 Å². The van der Waals surface area contributed by atoms with Crippen LogP contribution in [-0.4, -0.2) is 34.8 Å². The number of benzene rings is 2. The summed E-state index contributed by atoms with van der Waals surface area (Å²) in [5, 5.41) is 0.321. The number of methoxy groups -OCH3 is 1. The molecule has 0 N–H and O–H groups in total. The highest BCUT2D eigenvalue weighted by atomic mass is 35.5. The number of ether oxygens (including phenoxy) is 2. The van der Waals surface area contributed by atoms with E-state index in [1.165, 1.54) is 0 Å². The molecule has 0 saturated carbocycles. The molecule has 0 saturated heterocycles. The molecule has 0 spiro atoms. The molecule has 0 aliphatic rings. The van der Waals surface area contributed by atoms with Gasteiger partial charge in [0, 0.05) is 17.8 Å². The Labute approximate surface area is 196 Å². The summed E-state index contributed by atoms with van der Waals surface area (Å²) in [5.74, 6) is 1.15. The van der Waals surface area contributed by atoms with E-state index in [-0.39, 0.29) is 5.78 Å². The molecule has 0 aliphatic heterocycles. The van der Waals surface area contributed by atoms with Gasteiger partial charge < -0.3 is 14.0 Å². The predicted octanol–water partition coefficient (Wildman–Crippen LogP) is 5.25. The summed E-state index contributed by atoms with van der Waals surface area (Å²) in [4.78, 5) is 28.9. The maximum Gasteiger partial charge on any atom is 0.197 e. The number of ketones is 1. The molecule has 7 heteroatoms. The lowest BCUT2D eigenvalue weighted by Crippen LogP contribution is -2.13. The van der Waals surface area contributed by atoms with Gasteiger partial charge in [-0.1, -0.05) is 23.7 Å². The molecule has 0 aliphatic carbocycles. The third kappa shape index (κ3) is 4.61. The monoisotopic (exact) mass is 462 g/mol. The number of carbonyl (C=O) groups is 2. The van der Waals surface area contributed by atoms with Crippen LogP contribution >= 0.6 is 11.6 Å². The zero-order valence-electron chi connectivity index (χ0n) is 18.5. The van der Waals surface area contributed by atoms with Gasteiger partial charge in [0.05, 0.1) is 18.2 Å². The second kappa shape index (κ2) is 9.46. The molecule has 6 nitrogen and oxygen atoms in total. The fourth-order valence-corrected chi connectivity index (χ4v) is 3.97. The Kier molecular flexibility index (Phi) is 6.47. The van der Waals surface area contributed by atoms with Crippen molar-refractivity contribution in [2.75, 3.05) is 7.11 Å². The SMILES string of the molecule is COc1ccc(C(=O)c2c(C)n(Cc3cccc(O[C@@H](C)C=O)c3)c3ccc(Cl)nc23)cc1. The molecule has 0 unspecified atom stereocenters. The Balaban J connectivity index is 1.77. The second-order valence-corrected chi connectivity index (χ2v) is 8.10. The Hall–Kier alpha value is -3.64. The van der Waals surface area contributed by atoms with Gasteiger partial charge in [-0.05, 0) is 67.9 Å². The van der Waals surface area contributed by atoms with Gasteiger partial charge in [-0.25, -0.2) is 4.98 Å². The largest absolute Gasteiger partial charge is 0.497 e. The number of rotatable bonds is 8. The molecular formula is C26H23ClN2O4. The Morgan fingerprint density at radius 1 is 1.12 bits per heavy atom. The summed E-state index contributed by atoms with van der Waals surface area (Å²) in [6, 6.07) is 18.1. The van der Waals surface area contributed by atoms with E-state index in [4.69, 9.17) is 21.1 Å². The van der Waals surface area contributed by atoms with Crippen LogP contribution in [0.15, 0.2) is 60.7 Å². The molecule has 4 aromatic rings. The molecule has 1 atom stereocenters. The van der Waals surface area contributed by atoms with Crippen LogP contribution in [0.25, 0.3) is 11.0 Å². The summed E-state index contributed by atoms with van der Waals surface area (Å²) in [5.41, 5.74) is 4.17. The molecule has 2 aromatic heterocycles. The zero-order valence-corrected chi connectivity index (χ0v) is 19.3. The number of halogens is 1. The molecular weight excluding hydrogens is 440 g/mol. The number of hydrogen-bond acceptors (Lipinski definition) is 5. The standard InChI is InChI=1S/C26H23ClN2O4/c1-16(15-30)33-21-6-4-5-18(13-21)14-29-17(2)24(25-22(29)11-12-23(27)28-25)26(31)19-7-9-20(32-3)10-8-19/h4-13,15-16H,14H2,1-3H3/t16-/m0/s1. The number of nitrogens with zero attached hydrogens (tertiary/aromatic N) is 2. The highest BCUT2D eigenvalue weighted by Crippen LogP contribution is 2.30. The number of fused-ring (bicyclic) bond motifs is 1. The fraction of sp³-hybridized carbons (Fsp3) is 0.192. The first kappa shape index (κ1) is 22.6. The summed E-state index contributed by atoms with van der Waals surface area (Å²) in [6.45, 7) is 4.09. The summed E-state index contributed by atoms with van der Waals surface area (Å²) >= 11 is 6.19. The highest BCUT2D eigenvalue weighted by Gasteiger charge is 2.23. The van der Waals surface area contributed by atoms with Crippen molar-refractivity contribution in [3.63, 3.8) is 0 Å². The first-order valence-electron chi connectivity index (χ1n) is 10.5. The third-order valence-corrected chi connectivity index (χ3v) is 5.68. The molecule has 33 heavy (non-hydrogen) atoms. The minimum absolute atomic E-state index is 0.134. The van der Waals surface area contributed by atoms with Crippen molar-refractivity contribution in [1.29, 1.82) is 0 Å². The maximum absolute atomic E-state index is 13.5. The van der Waals surface area contributed by atoms with Crippen LogP contribution in [-0.2, 0) is 11.3 Å². The lowest BCUT2D eigenvalue weighted by molar-refractivity contribution is -0.113. The van der Waals surface area contributed by atoms with E-state index in [0.29, 0.717) is 39.8 Å². The highest BCUT2D eigenvalue weighted by molar-refractivity contribution is 6.30. The van der Waals surface area contributed by atoms with E-state index >= 15 is 0 Å². The minimum Gasteiger partial charge on any atom is -0.497 e. The molecule has 168 valence electrons. The number of hydrogen-bond donors (Lipinski definition) is 0. The minimum atomic E-state index is -0.533. The number of aldehydes is 1. The summed E-state index contributed by atoms with van der Waals surface area (Å²) in [7, 11) is 1.58. The van der Waals surface area contributed by atoms with Crippen LogP contribution in [0.3, 0.4) is 0 Å². The first-order chi connectivity index (χ1) is 15.9. The van der Waals surface area contributed by atoms with Crippen LogP contribution in [0, 0.1) is 6.92 Å². The normalized spacial score (nSPS) is 11.9. The zero-order chi connectivity index (χ0) is 23.5. The van der Waals surface area contributed by atoms with Gasteiger partial charge in [0.1, 0.15) is 22.2 Å². The van der Waals surface area contributed by atoms with Gasteiger partial charge in [0.15, 0.2) is 18.2 Å². The van der Waals surface area contributed by atoms with E-state index in [0.717, 1.165) is 23.1 Å². The maximum atomic E-state index is 13.5. The van der Waals surface area contributed by atoms with Crippen molar-refractivity contribution >= 4 is 34.7 Å². The number of aromatic nitrogens is 2. The lowest BCUT2D eigenvalue weighted by Gasteiger charge is -2.12. The molecule has 2 aromatic carbocycles. The van der Waals surface area contributed by atoms with Crippen molar-refractivity contribution in [2.45, 2.75) is 26.5 Å². The van der Waals surface area contributed by atoms with Crippen molar-refractivity contribution in [3.8, 4) is 11.5 Å². The van der Waals surface area contributed by atoms with Gasteiger partial charge in [0.2, 0.25) is 0 Å². The van der Waals surface area contributed by atoms with E-state index in [1.807, 2.05) is 41.8 Å². The van der Waals surface area contributed by atoms with Crippen molar-refractivity contribution in [3.05, 3.63) is 88.2 Å². The van der Waals surface area contributed by atoms with Crippen molar-refractivity contribution in [2.24, 2.45) is 0 Å². The average Bonchev–Trinajstić information content (AvgIpc) is 3.09. The molecule has 2 heterocycles. The summed E-state index contributed by atoms with van der Waals surface area (Å²) < 4.78 is 12.9. The van der Waals surface area contributed by atoms with Crippen LogP contribution in [0.4, 0.5) is 0 Å². The van der Waals surface area contributed by atoms with Crippen LogP contribution in [0.2, 0.25) is 5.15 Å². The molecule has 4 rings (SSSR count). The van der Waals surface area contributed by atoms with Crippen LogP contribution < -0.4 is 9.47 Å². The van der Waals surface area contributed by atoms with Crippen LogP contribution in [0.5, 0.6) is 11.5 Å². The molecule has 0 amide bonds. The van der Waals surface area contributed by atoms with E-state index in [2.05, 4.69) is 4.98 Å². The van der Waals surface area contributed by atoms with Gasteiger partial charge in [-0.2, -0.15) is 0 Å². The summed E-state index contributed by atoms with van der Waals surface area (Å²) in [6.07, 6.45) is 0.220. The predicted molar refractivity (Wildman–Crippen MR) is 128 cm³/mol. The Bertz CT molecular complexity index is 1330. The Morgan fingerprint density at radius 3 is 2.58 bits per heavy atom. The molecule has 0 bridgehead atoms. The third-order valence-electron chi connectivity index (χ3n) is 5.47. The molecule has 0 radical (unpaired) electrons. The lowest BCUT2D eigenvalue weighted by atomic mass is 10.0. The average molecular weight is 463 g/mol. The van der Waals surface area contributed by atoms with E-state index in [1.54, 1.807) is 44.4 Å². The van der Waals surface area contributed by atoms with E-state index < -0.39 is 6.10 Å². The van der Waals surface area contributed by atoms with Crippen molar-refractivity contribution < 1.29 is 19.1 Å². The van der Waals surface area contributed by atoms with Gasteiger partial charge in [-0.3, -0.25) is 9.59 Å². The fourth-order valence-electron chi connectivity index (χ4n) is 3.82. The Morgan fingerprint density at radius 2 is 1.88 bits per heavy atom. The van der Waals surface area contributed by atoms with Gasteiger partial charge in [0.25, 0.3) is 0 Å². The van der Waals surface area contributed by atoms with Gasteiger partial charge >= 0.3 is 0 Å². The smallest absolute Gasteiger partial charge is 0.197 e. The number of pyridine rings is 1.